The Morgan fingerprint density at radius 2 is 1.81 bits per heavy atom. The molecule has 0 radical (unpaired) electrons. The lowest BCUT2D eigenvalue weighted by Crippen LogP contribution is -2.67. The van der Waals surface area contributed by atoms with Crippen LogP contribution in [0.15, 0.2) is 0 Å². The molecule has 6 rings (SSSR count). The molecule has 36 heavy (non-hydrogen) atoms. The first kappa shape index (κ1) is 24.5. The molecule has 6 aliphatic rings. The molecule has 2 N–H and O–H groups in total. The van der Waals surface area contributed by atoms with Crippen LogP contribution < -0.4 is 0 Å². The van der Waals surface area contributed by atoms with Gasteiger partial charge in [-0.25, -0.2) is 9.59 Å². The van der Waals surface area contributed by atoms with Crippen LogP contribution >= 0.6 is 0 Å². The number of rotatable bonds is 5. The molecule has 2 aliphatic carbocycles. The summed E-state index contributed by atoms with van der Waals surface area (Å²) >= 11 is 0. The Hall–Kier alpha value is -1.79. The second kappa shape index (κ2) is 6.99. The number of esters is 3. The van der Waals surface area contributed by atoms with Crippen LogP contribution in [-0.4, -0.2) is 102 Å². The number of carbonyl (C=O) groups excluding carboxylic acids is 3. The van der Waals surface area contributed by atoms with Crippen molar-refractivity contribution in [3.05, 3.63) is 0 Å². The number of carbonyl (C=O) groups is 3. The average Bonchev–Trinajstić information content (AvgIpc) is 3.46. The molecule has 0 amide bonds. The van der Waals surface area contributed by atoms with Gasteiger partial charge in [0.15, 0.2) is 17.8 Å². The summed E-state index contributed by atoms with van der Waals surface area (Å²) in [6.07, 6.45) is -5.35. The minimum atomic E-state index is -2.20. The zero-order valence-electron chi connectivity index (χ0n) is 21.5. The molecule has 2 saturated carbocycles. The number of hydrogen-bond donors (Lipinski definition) is 2. The summed E-state index contributed by atoms with van der Waals surface area (Å²) < 4.78 is 29.8. The van der Waals surface area contributed by atoms with Crippen molar-refractivity contribution in [2.45, 2.75) is 82.4 Å². The van der Waals surface area contributed by atoms with Crippen LogP contribution in [0.1, 0.15) is 40.5 Å². The van der Waals surface area contributed by atoms with E-state index in [2.05, 4.69) is 20.8 Å². The molecule has 6 fully saturated rings. The molecule has 0 bridgehead atoms. The van der Waals surface area contributed by atoms with Crippen LogP contribution in [0.3, 0.4) is 0 Å². The monoisotopic (exact) mass is 509 g/mol. The molecule has 6 unspecified atom stereocenters. The highest BCUT2D eigenvalue weighted by atomic mass is 16.8. The first-order chi connectivity index (χ1) is 16.7. The largest absolute Gasteiger partial charge is 0.459 e. The summed E-state index contributed by atoms with van der Waals surface area (Å²) in [6.45, 7) is 8.37. The molecule has 0 aromatic rings. The molecule has 11 nitrogen and oxygen atoms in total. The first-order valence-corrected chi connectivity index (χ1v) is 12.7. The van der Waals surface area contributed by atoms with Gasteiger partial charge in [-0.05, 0) is 45.2 Å². The number of ether oxygens (including phenoxy) is 5. The second-order valence-electron chi connectivity index (χ2n) is 12.9. The van der Waals surface area contributed by atoms with Gasteiger partial charge in [0.05, 0.1) is 23.4 Å². The number of fused-ring (bicyclic) bond motifs is 1. The highest BCUT2D eigenvalue weighted by molar-refractivity contribution is 5.94. The fourth-order valence-electron chi connectivity index (χ4n) is 8.73. The van der Waals surface area contributed by atoms with Crippen LogP contribution in [0, 0.1) is 28.1 Å². The topological polar surface area (TPSA) is 141 Å². The van der Waals surface area contributed by atoms with E-state index in [9.17, 15) is 24.6 Å². The summed E-state index contributed by atoms with van der Waals surface area (Å²) in [5.74, 6) is -3.74. The zero-order chi connectivity index (χ0) is 26.2. The lowest BCUT2D eigenvalue weighted by molar-refractivity contribution is -0.239. The SMILES string of the molecule is C[C@H]1C(=O)OC2[C@@H](O)[C@]34C5CC(CC(C)(C)C)C36C(OC(=O)[C@@H]6OCCN(C)C)OC4(C(=O)O5)[C@@]21O. The van der Waals surface area contributed by atoms with Crippen LogP contribution in [0.2, 0.25) is 0 Å². The zero-order valence-corrected chi connectivity index (χ0v) is 21.5. The number of likely N-dealkylation sites (N-methyl/N-ethyl adjacent to an activating group) is 1. The molecule has 0 aromatic heterocycles. The lowest BCUT2D eigenvalue weighted by Gasteiger charge is -2.46. The first-order valence-electron chi connectivity index (χ1n) is 12.7. The molecule has 4 saturated heterocycles. The van der Waals surface area contributed by atoms with Gasteiger partial charge in [0.2, 0.25) is 11.9 Å². The Morgan fingerprint density at radius 3 is 2.44 bits per heavy atom. The lowest BCUT2D eigenvalue weighted by atomic mass is 9.52. The van der Waals surface area contributed by atoms with E-state index < -0.39 is 76.6 Å². The molecule has 2 spiro atoms. The maximum absolute atomic E-state index is 13.7. The third-order valence-corrected chi connectivity index (χ3v) is 9.75. The van der Waals surface area contributed by atoms with Crippen molar-refractivity contribution in [1.82, 2.24) is 4.90 Å². The minimum absolute atomic E-state index is 0.196. The van der Waals surface area contributed by atoms with E-state index in [1.807, 2.05) is 19.0 Å². The Morgan fingerprint density at radius 1 is 1.11 bits per heavy atom. The predicted molar refractivity (Wildman–Crippen MR) is 119 cm³/mol. The van der Waals surface area contributed by atoms with Crippen molar-refractivity contribution >= 4 is 17.9 Å². The Bertz CT molecular complexity index is 1040. The standard InChI is InChI=1S/C25H35NO10/c1-11-17(28)34-15-14(27)23-13-9-12(10-21(2,3)4)22(23)16(32-8-7-26(5)6)18(29)35-20(22)36-25(23,19(30)33-13)24(11,15)31/h11-16,20,27,31H,7-10H2,1-6H3/t11-,12?,13?,14+,15?,16-,20?,22?,23+,24-,25?/m0/s1. The fraction of sp³-hybridized carbons (Fsp3) is 0.880. The average molecular weight is 510 g/mol. The highest BCUT2D eigenvalue weighted by Gasteiger charge is 3.03. The molecule has 11 atom stereocenters. The van der Waals surface area contributed by atoms with Crippen molar-refractivity contribution in [2.24, 2.45) is 28.1 Å². The minimum Gasteiger partial charge on any atom is -0.459 e. The summed E-state index contributed by atoms with van der Waals surface area (Å²) in [7, 11) is 3.76. The van der Waals surface area contributed by atoms with E-state index in [4.69, 9.17) is 23.7 Å². The summed E-state index contributed by atoms with van der Waals surface area (Å²) in [5.41, 5.74) is -7.51. The second-order valence-corrected chi connectivity index (χ2v) is 12.9. The highest BCUT2D eigenvalue weighted by Crippen LogP contribution is 2.84. The quantitative estimate of drug-likeness (QED) is 0.370. The van der Waals surface area contributed by atoms with E-state index in [0.717, 1.165) is 0 Å². The molecular formula is C25H35NO10. The molecule has 4 aliphatic heterocycles. The third-order valence-electron chi connectivity index (χ3n) is 9.75. The maximum atomic E-state index is 13.7. The van der Waals surface area contributed by atoms with Crippen LogP contribution in [0.25, 0.3) is 0 Å². The molecule has 4 heterocycles. The number of aliphatic hydroxyl groups is 2. The number of nitrogens with zero attached hydrogens (tertiary/aromatic N) is 1. The van der Waals surface area contributed by atoms with Crippen molar-refractivity contribution in [3.8, 4) is 0 Å². The Balaban J connectivity index is 1.59. The van der Waals surface area contributed by atoms with Gasteiger partial charge in [-0.1, -0.05) is 20.8 Å². The maximum Gasteiger partial charge on any atom is 0.343 e. The van der Waals surface area contributed by atoms with Crippen molar-refractivity contribution in [1.29, 1.82) is 0 Å². The number of hydrogen-bond acceptors (Lipinski definition) is 11. The van der Waals surface area contributed by atoms with Crippen LogP contribution in [-0.2, 0) is 38.1 Å². The van der Waals surface area contributed by atoms with Gasteiger partial charge in [0.25, 0.3) is 0 Å². The van der Waals surface area contributed by atoms with E-state index >= 15 is 0 Å². The van der Waals surface area contributed by atoms with E-state index in [1.165, 1.54) is 6.92 Å². The smallest absolute Gasteiger partial charge is 0.343 e. The van der Waals surface area contributed by atoms with Crippen LogP contribution in [0.4, 0.5) is 0 Å². The molecule has 11 heteroatoms. The van der Waals surface area contributed by atoms with Crippen LogP contribution in [0.5, 0.6) is 0 Å². The van der Waals surface area contributed by atoms with Gasteiger partial charge in [-0.3, -0.25) is 4.79 Å². The van der Waals surface area contributed by atoms with Gasteiger partial charge in [0, 0.05) is 6.54 Å². The van der Waals surface area contributed by atoms with E-state index in [0.29, 0.717) is 19.4 Å². The van der Waals surface area contributed by atoms with E-state index in [-0.39, 0.29) is 17.9 Å². The van der Waals surface area contributed by atoms with Crippen molar-refractivity contribution in [3.63, 3.8) is 0 Å². The Kier molecular flexibility index (Phi) is 4.76. The molecule has 200 valence electrons. The van der Waals surface area contributed by atoms with Gasteiger partial charge in [-0.15, -0.1) is 0 Å². The van der Waals surface area contributed by atoms with Gasteiger partial charge >= 0.3 is 17.9 Å². The van der Waals surface area contributed by atoms with Crippen molar-refractivity contribution < 1.29 is 48.3 Å². The summed E-state index contributed by atoms with van der Waals surface area (Å²) in [5, 5.41) is 24.2. The molecule has 0 aromatic carbocycles. The molecular weight excluding hydrogens is 474 g/mol. The van der Waals surface area contributed by atoms with Gasteiger partial charge < -0.3 is 38.8 Å². The van der Waals surface area contributed by atoms with E-state index in [1.54, 1.807) is 0 Å². The number of aliphatic hydroxyl groups excluding tert-OH is 1. The normalized spacial score (nSPS) is 52.2. The fourth-order valence-corrected chi connectivity index (χ4v) is 8.73. The van der Waals surface area contributed by atoms with Crippen molar-refractivity contribution in [2.75, 3.05) is 27.2 Å². The van der Waals surface area contributed by atoms with Gasteiger partial charge in [-0.2, -0.15) is 0 Å². The third kappa shape index (κ3) is 2.28. The Labute approximate surface area is 209 Å². The summed E-state index contributed by atoms with van der Waals surface area (Å²) in [4.78, 5) is 41.6. The van der Waals surface area contributed by atoms with Gasteiger partial charge in [0.1, 0.15) is 12.2 Å². The predicted octanol–water partition coefficient (Wildman–Crippen LogP) is -0.393. The summed E-state index contributed by atoms with van der Waals surface area (Å²) in [6, 6.07) is 0.